The van der Waals surface area contributed by atoms with E-state index >= 15 is 0 Å². The summed E-state index contributed by atoms with van der Waals surface area (Å²) in [4.78, 5) is 16.6. The van der Waals surface area contributed by atoms with Gasteiger partial charge in [-0.2, -0.15) is 26.3 Å². The van der Waals surface area contributed by atoms with Crippen molar-refractivity contribution in [2.45, 2.75) is 39.0 Å². The molecule has 0 fully saturated rings. The first-order chi connectivity index (χ1) is 16.3. The summed E-state index contributed by atoms with van der Waals surface area (Å²) in [6.07, 6.45) is -4.59. The Morgan fingerprint density at radius 1 is 1.06 bits per heavy atom. The van der Waals surface area contributed by atoms with Crippen molar-refractivity contribution in [2.75, 3.05) is 0 Å². The molecule has 0 aliphatic heterocycles. The van der Waals surface area contributed by atoms with Crippen molar-refractivity contribution in [2.24, 2.45) is 5.14 Å². The van der Waals surface area contributed by atoms with Gasteiger partial charge in [-0.1, -0.05) is 54.1 Å². The Balaban J connectivity index is 1.75. The van der Waals surface area contributed by atoms with Crippen LogP contribution in [0.3, 0.4) is 0 Å². The van der Waals surface area contributed by atoms with Crippen molar-refractivity contribution in [1.82, 2.24) is 15.0 Å². The molecule has 35 heavy (non-hydrogen) atoms. The van der Waals surface area contributed by atoms with Crippen LogP contribution in [0, 0.1) is 6.92 Å². The Morgan fingerprint density at radius 2 is 1.74 bits per heavy atom. The maximum Gasteiger partial charge on any atom is 0.433 e. The highest BCUT2D eigenvalue weighted by Gasteiger charge is 2.33. The van der Waals surface area contributed by atoms with E-state index in [-0.39, 0.29) is 24.7 Å². The van der Waals surface area contributed by atoms with Crippen molar-refractivity contribution in [3.8, 4) is 11.3 Å². The first kappa shape index (κ1) is 26.3. The Bertz CT molecular complexity index is 1310. The number of halogens is 3. The number of aromatic nitrogens is 1. The number of nitrogens with one attached hydrogen (secondary N) is 2. The van der Waals surface area contributed by atoms with Crippen LogP contribution in [-0.2, 0) is 34.3 Å². The van der Waals surface area contributed by atoms with Gasteiger partial charge in [0, 0.05) is 18.7 Å². The van der Waals surface area contributed by atoms with Crippen LogP contribution in [0.1, 0.15) is 40.8 Å². The number of pyridine rings is 1. The quantitative estimate of drug-likeness (QED) is 0.431. The number of rotatable bonds is 8. The number of hydrogen-bond acceptors (Lipinski definition) is 4. The summed E-state index contributed by atoms with van der Waals surface area (Å²) >= 11 is 0. The maximum atomic E-state index is 13.3. The molecule has 186 valence electrons. The minimum Gasteiger partial charge on any atom is -0.351 e. The second kappa shape index (κ2) is 10.5. The molecule has 7 nitrogen and oxygen atoms in total. The molecule has 0 unspecified atom stereocenters. The topological polar surface area (TPSA) is 114 Å². The molecular weight excluding hydrogens is 481 g/mol. The van der Waals surface area contributed by atoms with Crippen molar-refractivity contribution in [3.63, 3.8) is 0 Å². The third-order valence-corrected chi connectivity index (χ3v) is 5.91. The lowest BCUT2D eigenvalue weighted by molar-refractivity contribution is -0.141. The van der Waals surface area contributed by atoms with Crippen LogP contribution in [0.25, 0.3) is 11.3 Å². The van der Waals surface area contributed by atoms with Gasteiger partial charge in [0.05, 0.1) is 11.6 Å². The van der Waals surface area contributed by atoms with Gasteiger partial charge >= 0.3 is 6.18 Å². The van der Waals surface area contributed by atoms with Crippen molar-refractivity contribution in [3.05, 3.63) is 88.6 Å². The molecule has 0 radical (unpaired) electrons. The number of hydrogen-bond donors (Lipinski definition) is 3. The molecule has 0 saturated carbocycles. The summed E-state index contributed by atoms with van der Waals surface area (Å²) in [5, 5.41) is 7.69. The van der Waals surface area contributed by atoms with E-state index in [0.29, 0.717) is 22.3 Å². The molecule has 1 atom stereocenters. The molecule has 0 saturated heterocycles. The van der Waals surface area contributed by atoms with Crippen LogP contribution in [-0.4, -0.2) is 19.3 Å². The maximum absolute atomic E-state index is 13.3. The number of nitrogens with zero attached hydrogens (tertiary/aromatic N) is 1. The Hall–Kier alpha value is -3.28. The first-order valence-electron chi connectivity index (χ1n) is 10.6. The summed E-state index contributed by atoms with van der Waals surface area (Å²) in [7, 11) is -3.81. The fraction of sp³-hybridized carbons (Fsp3) is 0.250. The lowest BCUT2D eigenvalue weighted by atomic mass is 9.98. The molecule has 1 aromatic heterocycles. The van der Waals surface area contributed by atoms with Crippen LogP contribution in [0.2, 0.25) is 0 Å². The highest BCUT2D eigenvalue weighted by Crippen LogP contribution is 2.31. The number of carbonyl (C=O) groups is 1. The van der Waals surface area contributed by atoms with Gasteiger partial charge in [-0.25, -0.2) is 10.1 Å². The largest absolute Gasteiger partial charge is 0.433 e. The molecule has 4 N–H and O–H groups in total. The fourth-order valence-corrected chi connectivity index (χ4v) is 3.79. The molecule has 0 aliphatic rings. The fourth-order valence-electron chi connectivity index (χ4n) is 3.43. The van der Waals surface area contributed by atoms with E-state index in [1.54, 1.807) is 49.4 Å². The van der Waals surface area contributed by atoms with Gasteiger partial charge in [0.1, 0.15) is 5.69 Å². The zero-order valence-corrected chi connectivity index (χ0v) is 19.9. The Kier molecular flexibility index (Phi) is 7.93. The summed E-state index contributed by atoms with van der Waals surface area (Å²) in [6.45, 7) is 3.53. The first-order valence-corrected chi connectivity index (χ1v) is 12.2. The van der Waals surface area contributed by atoms with Crippen LogP contribution in [0.15, 0.2) is 60.7 Å². The standard InChI is InChI=1S/C24H25F3N4O3S/c1-15-4-3-5-19(12-15)22-20(10-11-21(31-22)24(25,26)27)14-29-23(32)16(2)18-8-6-17(7-9-18)13-30-35(28,33)34/h3-12,16,30H,13-14H2,1-2H3,(H,29,32)(H2,28,33,34)/t16-/m0/s1. The van der Waals surface area contributed by atoms with Gasteiger partial charge in [0.2, 0.25) is 5.91 Å². The van der Waals surface area contributed by atoms with E-state index in [9.17, 15) is 26.4 Å². The highest BCUT2D eigenvalue weighted by molar-refractivity contribution is 7.87. The number of benzene rings is 2. The molecule has 2 aromatic carbocycles. The third kappa shape index (κ3) is 7.35. The minimum atomic E-state index is -4.59. The summed E-state index contributed by atoms with van der Waals surface area (Å²) < 4.78 is 64.0. The smallest absolute Gasteiger partial charge is 0.351 e. The van der Waals surface area contributed by atoms with E-state index < -0.39 is 28.0 Å². The molecular formula is C24H25F3N4O3S. The van der Waals surface area contributed by atoms with Gasteiger partial charge in [0.25, 0.3) is 10.2 Å². The minimum absolute atomic E-state index is 0.00600. The third-order valence-electron chi connectivity index (χ3n) is 5.36. The van der Waals surface area contributed by atoms with Crippen LogP contribution >= 0.6 is 0 Å². The lowest BCUT2D eigenvalue weighted by Crippen LogP contribution is -2.30. The monoisotopic (exact) mass is 506 g/mol. The normalized spacial score (nSPS) is 12.9. The number of nitrogens with two attached hydrogens (primary N) is 1. The van der Waals surface area contributed by atoms with Gasteiger partial charge in [-0.05, 0) is 42.7 Å². The Labute approximate surface area is 201 Å². The molecule has 1 amide bonds. The van der Waals surface area contributed by atoms with E-state index in [0.717, 1.165) is 11.6 Å². The molecule has 3 aromatic rings. The van der Waals surface area contributed by atoms with Gasteiger partial charge in [-0.15, -0.1) is 0 Å². The van der Waals surface area contributed by atoms with Crippen LogP contribution in [0.4, 0.5) is 13.2 Å². The van der Waals surface area contributed by atoms with E-state index in [1.807, 2.05) is 13.0 Å². The summed E-state index contributed by atoms with van der Waals surface area (Å²) in [5.41, 5.74) is 2.34. The molecule has 1 heterocycles. The van der Waals surface area contributed by atoms with Gasteiger partial charge in [-0.3, -0.25) is 4.79 Å². The van der Waals surface area contributed by atoms with Crippen LogP contribution in [0.5, 0.6) is 0 Å². The van der Waals surface area contributed by atoms with Crippen molar-refractivity contribution < 1.29 is 26.4 Å². The number of alkyl halides is 3. The van der Waals surface area contributed by atoms with E-state index in [2.05, 4.69) is 15.0 Å². The van der Waals surface area contributed by atoms with E-state index in [4.69, 9.17) is 5.14 Å². The van der Waals surface area contributed by atoms with Gasteiger partial charge in [0.15, 0.2) is 0 Å². The zero-order valence-electron chi connectivity index (χ0n) is 19.1. The van der Waals surface area contributed by atoms with Gasteiger partial charge < -0.3 is 5.32 Å². The molecule has 0 bridgehead atoms. The van der Waals surface area contributed by atoms with Crippen molar-refractivity contribution in [1.29, 1.82) is 0 Å². The van der Waals surface area contributed by atoms with Crippen molar-refractivity contribution >= 4 is 16.1 Å². The molecule has 0 aliphatic carbocycles. The van der Waals surface area contributed by atoms with Crippen LogP contribution < -0.4 is 15.2 Å². The Morgan fingerprint density at radius 3 is 2.34 bits per heavy atom. The summed E-state index contributed by atoms with van der Waals surface area (Å²) in [6, 6.07) is 15.9. The summed E-state index contributed by atoms with van der Waals surface area (Å²) in [5.74, 6) is -0.879. The predicted molar refractivity (Wildman–Crippen MR) is 126 cm³/mol. The molecule has 3 rings (SSSR count). The SMILES string of the molecule is Cc1cccc(-c2nc(C(F)(F)F)ccc2CNC(=O)[C@@H](C)c2ccc(CNS(N)(=O)=O)cc2)c1. The highest BCUT2D eigenvalue weighted by atomic mass is 32.2. The second-order valence-corrected chi connectivity index (χ2v) is 9.50. The molecule has 0 spiro atoms. The van der Waals surface area contributed by atoms with E-state index in [1.165, 1.54) is 6.07 Å². The number of amides is 1. The number of carbonyl (C=O) groups excluding carboxylic acids is 1. The molecule has 11 heteroatoms. The number of aryl methyl sites for hydroxylation is 1. The predicted octanol–water partition coefficient (Wildman–Crippen LogP) is 3.79. The lowest BCUT2D eigenvalue weighted by Gasteiger charge is -2.16. The average Bonchev–Trinajstić information content (AvgIpc) is 2.80. The average molecular weight is 507 g/mol. The zero-order chi connectivity index (χ0) is 25.8. The second-order valence-electron chi connectivity index (χ2n) is 8.12.